The van der Waals surface area contributed by atoms with Gasteiger partial charge in [-0.1, -0.05) is 37.9 Å². The molecule has 3 rings (SSSR count). The third-order valence-electron chi connectivity index (χ3n) is 5.90. The SMILES string of the molecule is CCn1c(CN2CCCCCC2=O)nnc1SCC(=O)N[C@H]1CCCC[C@H]1C. The lowest BCUT2D eigenvalue weighted by Crippen LogP contribution is -2.41. The first-order valence-electron chi connectivity index (χ1n) is 10.7. The van der Waals surface area contributed by atoms with Crippen molar-refractivity contribution in [2.75, 3.05) is 12.3 Å². The van der Waals surface area contributed by atoms with Gasteiger partial charge in [-0.3, -0.25) is 9.59 Å². The number of hydrogen-bond acceptors (Lipinski definition) is 5. The number of carbonyl (C=O) groups is 2. The second kappa shape index (κ2) is 10.3. The molecule has 1 aliphatic heterocycles. The molecular weight excluding hydrogens is 374 g/mol. The lowest BCUT2D eigenvalue weighted by atomic mass is 9.86. The first kappa shape index (κ1) is 21.1. The molecule has 7 nitrogen and oxygen atoms in total. The monoisotopic (exact) mass is 407 g/mol. The van der Waals surface area contributed by atoms with Gasteiger partial charge in [-0.05, 0) is 38.5 Å². The molecule has 0 spiro atoms. The summed E-state index contributed by atoms with van der Waals surface area (Å²) in [6.45, 7) is 6.30. The normalized spacial score (nSPS) is 23.5. The Labute approximate surface area is 172 Å². The van der Waals surface area contributed by atoms with Crippen molar-refractivity contribution < 1.29 is 9.59 Å². The van der Waals surface area contributed by atoms with Crippen molar-refractivity contribution in [2.24, 2.45) is 5.92 Å². The Morgan fingerprint density at radius 2 is 2.00 bits per heavy atom. The summed E-state index contributed by atoms with van der Waals surface area (Å²) in [5.74, 6) is 1.99. The smallest absolute Gasteiger partial charge is 0.230 e. The minimum Gasteiger partial charge on any atom is -0.352 e. The number of carbonyl (C=O) groups excluding carboxylic acids is 2. The summed E-state index contributed by atoms with van der Waals surface area (Å²) in [5.41, 5.74) is 0. The van der Waals surface area contributed by atoms with Crippen LogP contribution in [-0.2, 0) is 22.7 Å². The third-order valence-corrected chi connectivity index (χ3v) is 6.87. The molecule has 0 unspecified atom stereocenters. The summed E-state index contributed by atoms with van der Waals surface area (Å²) in [6.07, 6.45) is 8.51. The highest BCUT2D eigenvalue weighted by Gasteiger charge is 2.24. The highest BCUT2D eigenvalue weighted by atomic mass is 32.2. The molecule has 2 atom stereocenters. The molecule has 0 bridgehead atoms. The standard InChI is InChI=1S/C20H33N5O2S/c1-3-25-17(13-24-12-8-4-5-11-19(24)27)22-23-20(25)28-14-18(26)21-16-10-7-6-9-15(16)2/h15-16H,3-14H2,1-2H3,(H,21,26)/t15-,16+/m1/s1. The zero-order valence-electron chi connectivity index (χ0n) is 17.2. The van der Waals surface area contributed by atoms with E-state index in [0.29, 0.717) is 30.7 Å². The molecule has 1 aromatic heterocycles. The van der Waals surface area contributed by atoms with Crippen molar-refractivity contribution in [2.45, 2.75) is 89.5 Å². The van der Waals surface area contributed by atoms with E-state index in [-0.39, 0.29) is 11.8 Å². The van der Waals surface area contributed by atoms with Crippen molar-refractivity contribution in [3.8, 4) is 0 Å². The van der Waals surface area contributed by atoms with E-state index in [1.54, 1.807) is 0 Å². The van der Waals surface area contributed by atoms with E-state index in [2.05, 4.69) is 22.4 Å². The fourth-order valence-electron chi connectivity index (χ4n) is 4.15. The average Bonchev–Trinajstić information content (AvgIpc) is 2.96. The number of rotatable bonds is 7. The number of thioether (sulfide) groups is 1. The molecule has 2 fully saturated rings. The molecular formula is C20H33N5O2S. The van der Waals surface area contributed by atoms with Gasteiger partial charge in [0.1, 0.15) is 0 Å². The summed E-state index contributed by atoms with van der Waals surface area (Å²) in [5, 5.41) is 12.6. The topological polar surface area (TPSA) is 80.1 Å². The average molecular weight is 408 g/mol. The van der Waals surface area contributed by atoms with Gasteiger partial charge >= 0.3 is 0 Å². The molecule has 1 aliphatic carbocycles. The van der Waals surface area contributed by atoms with Crippen LogP contribution in [0.3, 0.4) is 0 Å². The molecule has 2 heterocycles. The maximum absolute atomic E-state index is 12.4. The lowest BCUT2D eigenvalue weighted by Gasteiger charge is -2.29. The number of nitrogens with one attached hydrogen (secondary N) is 1. The second-order valence-corrected chi connectivity index (χ2v) is 8.94. The van der Waals surface area contributed by atoms with Crippen LogP contribution in [-0.4, -0.2) is 49.8 Å². The molecule has 2 amide bonds. The van der Waals surface area contributed by atoms with E-state index in [4.69, 9.17) is 0 Å². The van der Waals surface area contributed by atoms with Crippen LogP contribution < -0.4 is 5.32 Å². The zero-order valence-corrected chi connectivity index (χ0v) is 18.0. The molecule has 8 heteroatoms. The quantitative estimate of drug-likeness (QED) is 0.703. The highest BCUT2D eigenvalue weighted by molar-refractivity contribution is 7.99. The summed E-state index contributed by atoms with van der Waals surface area (Å²) in [6, 6.07) is 0.301. The van der Waals surface area contributed by atoms with E-state index in [1.807, 2.05) is 16.4 Å². The highest BCUT2D eigenvalue weighted by Crippen LogP contribution is 2.24. The van der Waals surface area contributed by atoms with Crippen molar-refractivity contribution in [1.82, 2.24) is 25.0 Å². The Hall–Kier alpha value is -1.57. The van der Waals surface area contributed by atoms with Crippen molar-refractivity contribution >= 4 is 23.6 Å². The lowest BCUT2D eigenvalue weighted by molar-refractivity contribution is -0.131. The number of likely N-dealkylation sites (tertiary alicyclic amines) is 1. The van der Waals surface area contributed by atoms with Crippen LogP contribution in [0.1, 0.15) is 71.0 Å². The fourth-order valence-corrected chi connectivity index (χ4v) is 4.98. The number of hydrogen-bond donors (Lipinski definition) is 1. The van der Waals surface area contributed by atoms with E-state index in [1.165, 1.54) is 31.0 Å². The van der Waals surface area contributed by atoms with Gasteiger partial charge in [0.05, 0.1) is 12.3 Å². The molecule has 0 radical (unpaired) electrons. The van der Waals surface area contributed by atoms with E-state index in [9.17, 15) is 9.59 Å². The second-order valence-electron chi connectivity index (χ2n) is 7.99. The Morgan fingerprint density at radius 1 is 1.18 bits per heavy atom. The van der Waals surface area contributed by atoms with Crippen LogP contribution in [0.2, 0.25) is 0 Å². The fraction of sp³-hybridized carbons (Fsp3) is 0.800. The van der Waals surface area contributed by atoms with Crippen LogP contribution >= 0.6 is 11.8 Å². The molecule has 0 aromatic carbocycles. The molecule has 156 valence electrons. The Kier molecular flexibility index (Phi) is 7.76. The van der Waals surface area contributed by atoms with Gasteiger partial charge in [-0.15, -0.1) is 10.2 Å². The minimum absolute atomic E-state index is 0.0682. The summed E-state index contributed by atoms with van der Waals surface area (Å²) < 4.78 is 2.03. The molecule has 1 N–H and O–H groups in total. The number of amides is 2. The number of nitrogens with zero attached hydrogens (tertiary/aromatic N) is 4. The van der Waals surface area contributed by atoms with Crippen LogP contribution in [0, 0.1) is 5.92 Å². The molecule has 1 aromatic rings. The van der Waals surface area contributed by atoms with Crippen LogP contribution in [0.15, 0.2) is 5.16 Å². The summed E-state index contributed by atoms with van der Waals surface area (Å²) in [7, 11) is 0. The summed E-state index contributed by atoms with van der Waals surface area (Å²) in [4.78, 5) is 26.6. The van der Waals surface area contributed by atoms with Gasteiger partial charge in [0.25, 0.3) is 0 Å². The molecule has 28 heavy (non-hydrogen) atoms. The van der Waals surface area contributed by atoms with Gasteiger partial charge in [0, 0.05) is 25.6 Å². The first-order chi connectivity index (χ1) is 13.6. The molecule has 1 saturated heterocycles. The van der Waals surface area contributed by atoms with Gasteiger partial charge in [-0.2, -0.15) is 0 Å². The Morgan fingerprint density at radius 3 is 2.79 bits per heavy atom. The van der Waals surface area contributed by atoms with Gasteiger partial charge < -0.3 is 14.8 Å². The van der Waals surface area contributed by atoms with E-state index < -0.39 is 0 Å². The Balaban J connectivity index is 1.55. The van der Waals surface area contributed by atoms with Gasteiger partial charge in [0.2, 0.25) is 11.8 Å². The molecule has 1 saturated carbocycles. The first-order valence-corrected chi connectivity index (χ1v) is 11.7. The van der Waals surface area contributed by atoms with Gasteiger partial charge in [-0.25, -0.2) is 0 Å². The maximum Gasteiger partial charge on any atom is 0.230 e. The van der Waals surface area contributed by atoms with Crippen molar-refractivity contribution in [3.63, 3.8) is 0 Å². The van der Waals surface area contributed by atoms with E-state index in [0.717, 1.165) is 49.8 Å². The minimum atomic E-state index is 0.0682. The number of aromatic nitrogens is 3. The third kappa shape index (κ3) is 5.49. The maximum atomic E-state index is 12.4. The summed E-state index contributed by atoms with van der Waals surface area (Å²) >= 11 is 1.43. The molecule has 2 aliphatic rings. The van der Waals surface area contributed by atoms with Crippen LogP contribution in [0.25, 0.3) is 0 Å². The van der Waals surface area contributed by atoms with Crippen molar-refractivity contribution in [3.05, 3.63) is 5.82 Å². The van der Waals surface area contributed by atoms with E-state index >= 15 is 0 Å². The van der Waals surface area contributed by atoms with Crippen LogP contribution in [0.4, 0.5) is 0 Å². The van der Waals surface area contributed by atoms with Crippen LogP contribution in [0.5, 0.6) is 0 Å². The van der Waals surface area contributed by atoms with Gasteiger partial charge in [0.15, 0.2) is 11.0 Å². The van der Waals surface area contributed by atoms with Crippen molar-refractivity contribution in [1.29, 1.82) is 0 Å². The zero-order chi connectivity index (χ0) is 19.9. The predicted octanol–water partition coefficient (Wildman–Crippen LogP) is 2.99. The largest absolute Gasteiger partial charge is 0.352 e. The predicted molar refractivity (Wildman–Crippen MR) is 110 cm³/mol. The Bertz CT molecular complexity index is 678.